The molecule has 0 heterocycles. The van der Waals surface area contributed by atoms with Crippen LogP contribution < -0.4 is 4.72 Å². The molecule has 0 aliphatic heterocycles. The summed E-state index contributed by atoms with van der Waals surface area (Å²) in [5, 5.41) is 0. The molecule has 2 aromatic carbocycles. The van der Waals surface area contributed by atoms with Gasteiger partial charge in [0.05, 0.1) is 20.4 Å². The highest BCUT2D eigenvalue weighted by Gasteiger charge is 2.23. The van der Waals surface area contributed by atoms with Crippen molar-refractivity contribution < 1.29 is 25.3 Å². The van der Waals surface area contributed by atoms with Gasteiger partial charge >= 0.3 is 0 Å². The zero-order valence-corrected chi connectivity index (χ0v) is 19.6. The van der Waals surface area contributed by atoms with E-state index in [1.807, 2.05) is 0 Å². The van der Waals surface area contributed by atoms with Crippen LogP contribution in [0.5, 0.6) is 0 Å². The molecule has 1 N–H and O–H groups in total. The molecule has 0 unspecified atom stereocenters. The fourth-order valence-electron chi connectivity index (χ4n) is 2.65. The van der Waals surface area contributed by atoms with Crippen molar-refractivity contribution in [3.8, 4) is 0 Å². The molecule has 2 aromatic rings. The lowest BCUT2D eigenvalue weighted by atomic mass is 10.3. The minimum atomic E-state index is -4.06. The Morgan fingerprint density at radius 3 is 1.77 bits per heavy atom. The number of sulfonamides is 3. The number of rotatable bonds is 9. The van der Waals surface area contributed by atoms with Crippen molar-refractivity contribution in [2.75, 3.05) is 31.9 Å². The van der Waals surface area contributed by atoms with Crippen LogP contribution in [0.3, 0.4) is 0 Å². The molecule has 0 amide bonds. The topological polar surface area (TPSA) is 121 Å². The molecule has 0 bridgehead atoms. The maximum absolute atomic E-state index is 12.7. The molecule has 9 nitrogen and oxygen atoms in total. The van der Waals surface area contributed by atoms with Crippen molar-refractivity contribution in [2.45, 2.75) is 28.5 Å². The van der Waals surface area contributed by atoms with Crippen LogP contribution in [0.25, 0.3) is 0 Å². The van der Waals surface area contributed by atoms with Gasteiger partial charge in [-0.2, -0.15) is 4.31 Å². The third kappa shape index (κ3) is 5.01. The Morgan fingerprint density at radius 1 is 0.733 bits per heavy atom. The van der Waals surface area contributed by atoms with Gasteiger partial charge in [-0.3, -0.25) is 4.72 Å². The lowest BCUT2D eigenvalue weighted by Crippen LogP contribution is -2.30. The second kappa shape index (κ2) is 9.02. The van der Waals surface area contributed by atoms with Gasteiger partial charge in [0.1, 0.15) is 0 Å². The summed E-state index contributed by atoms with van der Waals surface area (Å²) in [6, 6.07) is 10.3. The number of nitrogens with zero attached hydrogens (tertiary/aromatic N) is 2. The van der Waals surface area contributed by atoms with Gasteiger partial charge in [-0.1, -0.05) is 19.9 Å². The Kier molecular flexibility index (Phi) is 7.30. The summed E-state index contributed by atoms with van der Waals surface area (Å²) in [6.45, 7) is 4.03. The predicted molar refractivity (Wildman–Crippen MR) is 115 cm³/mol. The molecule has 0 spiro atoms. The van der Waals surface area contributed by atoms with E-state index in [0.717, 1.165) is 4.31 Å². The van der Waals surface area contributed by atoms with Gasteiger partial charge in [0, 0.05) is 27.2 Å². The molecular weight excluding hydrogens is 450 g/mol. The number of anilines is 1. The first-order chi connectivity index (χ1) is 13.9. The Morgan fingerprint density at radius 2 is 1.27 bits per heavy atom. The first-order valence-corrected chi connectivity index (χ1v) is 13.4. The predicted octanol–water partition coefficient (Wildman–Crippen LogP) is 1.77. The summed E-state index contributed by atoms with van der Waals surface area (Å²) in [7, 11) is -8.74. The van der Waals surface area contributed by atoms with Crippen LogP contribution in [0.15, 0.2) is 63.2 Å². The third-order valence-electron chi connectivity index (χ3n) is 4.34. The molecule has 0 aliphatic rings. The maximum atomic E-state index is 12.7. The zero-order chi connectivity index (χ0) is 22.7. The van der Waals surface area contributed by atoms with Gasteiger partial charge in [0.25, 0.3) is 10.0 Å². The molecule has 166 valence electrons. The van der Waals surface area contributed by atoms with Gasteiger partial charge in [-0.15, -0.1) is 0 Å². The summed E-state index contributed by atoms with van der Waals surface area (Å²) in [4.78, 5) is -0.223. The van der Waals surface area contributed by atoms with Crippen molar-refractivity contribution in [3.63, 3.8) is 0 Å². The van der Waals surface area contributed by atoms with Crippen LogP contribution in [0, 0.1) is 0 Å². The molecule has 12 heteroatoms. The second-order valence-electron chi connectivity index (χ2n) is 6.48. The summed E-state index contributed by atoms with van der Waals surface area (Å²) in [5.41, 5.74) is 0.0674. The Bertz CT molecular complexity index is 1200. The molecule has 0 aromatic heterocycles. The van der Waals surface area contributed by atoms with Crippen molar-refractivity contribution >= 4 is 35.8 Å². The Labute approximate surface area is 178 Å². The summed E-state index contributed by atoms with van der Waals surface area (Å²) in [5.74, 6) is 0. The van der Waals surface area contributed by atoms with E-state index in [1.54, 1.807) is 13.8 Å². The highest BCUT2D eigenvalue weighted by molar-refractivity contribution is 7.92. The molecule has 0 atom stereocenters. The molecule has 0 saturated heterocycles. The number of nitrogens with one attached hydrogen (secondary N) is 1. The van der Waals surface area contributed by atoms with E-state index in [9.17, 15) is 25.3 Å². The third-order valence-corrected chi connectivity index (χ3v) is 9.61. The van der Waals surface area contributed by atoms with Crippen LogP contribution in [-0.2, 0) is 30.1 Å². The van der Waals surface area contributed by atoms with E-state index in [-0.39, 0.29) is 20.4 Å². The normalized spacial score (nSPS) is 13.0. The molecule has 0 saturated carbocycles. The van der Waals surface area contributed by atoms with E-state index in [1.165, 1.54) is 66.9 Å². The summed E-state index contributed by atoms with van der Waals surface area (Å²) < 4.78 is 79.5. The smallest absolute Gasteiger partial charge is 0.261 e. The average Bonchev–Trinajstić information content (AvgIpc) is 2.68. The first-order valence-electron chi connectivity index (χ1n) is 9.02. The quantitative estimate of drug-likeness (QED) is 0.590. The van der Waals surface area contributed by atoms with Crippen LogP contribution in [-0.4, -0.2) is 61.0 Å². The Balaban J connectivity index is 2.34. The van der Waals surface area contributed by atoms with Crippen molar-refractivity contribution in [1.29, 1.82) is 0 Å². The lowest BCUT2D eigenvalue weighted by molar-refractivity contribution is 0.445. The standard InChI is InChI=1S/C18H25N3O6S3/c1-5-21(6-2)30(26,27)17-12-10-16(11-13-17)28(22,23)19-15-8-7-9-18(14-15)29(24,25)20(3)4/h7-14,19H,5-6H2,1-4H3. The van der Waals surface area contributed by atoms with Crippen LogP contribution in [0.1, 0.15) is 13.8 Å². The van der Waals surface area contributed by atoms with Gasteiger partial charge < -0.3 is 0 Å². The lowest BCUT2D eigenvalue weighted by Gasteiger charge is -2.18. The first kappa shape index (κ1) is 24.3. The van der Waals surface area contributed by atoms with Crippen LogP contribution >= 0.6 is 0 Å². The van der Waals surface area contributed by atoms with Gasteiger partial charge in [-0.05, 0) is 42.5 Å². The summed E-state index contributed by atoms with van der Waals surface area (Å²) in [6.07, 6.45) is 0. The largest absolute Gasteiger partial charge is 0.280 e. The minimum Gasteiger partial charge on any atom is -0.280 e. The zero-order valence-electron chi connectivity index (χ0n) is 17.1. The van der Waals surface area contributed by atoms with Crippen molar-refractivity contribution in [3.05, 3.63) is 48.5 Å². The molecule has 2 rings (SSSR count). The number of hydrogen-bond donors (Lipinski definition) is 1. The average molecular weight is 476 g/mol. The van der Waals surface area contributed by atoms with E-state index in [4.69, 9.17) is 0 Å². The van der Waals surface area contributed by atoms with Crippen molar-refractivity contribution in [1.82, 2.24) is 8.61 Å². The van der Waals surface area contributed by atoms with E-state index in [2.05, 4.69) is 4.72 Å². The molecule has 0 radical (unpaired) electrons. The van der Waals surface area contributed by atoms with Crippen molar-refractivity contribution in [2.24, 2.45) is 0 Å². The molecule has 30 heavy (non-hydrogen) atoms. The van der Waals surface area contributed by atoms with E-state index in [0.29, 0.717) is 13.1 Å². The summed E-state index contributed by atoms with van der Waals surface area (Å²) >= 11 is 0. The highest BCUT2D eigenvalue weighted by atomic mass is 32.2. The SMILES string of the molecule is CCN(CC)S(=O)(=O)c1ccc(S(=O)(=O)Nc2cccc(S(=O)(=O)N(C)C)c2)cc1. The van der Waals surface area contributed by atoms with Crippen LogP contribution in [0.2, 0.25) is 0 Å². The Hall–Kier alpha value is -1.99. The molecular formula is C18H25N3O6S3. The number of hydrogen-bond acceptors (Lipinski definition) is 6. The number of benzene rings is 2. The van der Waals surface area contributed by atoms with Gasteiger partial charge in [0.15, 0.2) is 0 Å². The van der Waals surface area contributed by atoms with E-state index >= 15 is 0 Å². The minimum absolute atomic E-state index is 0.00998. The maximum Gasteiger partial charge on any atom is 0.261 e. The van der Waals surface area contributed by atoms with Crippen LogP contribution in [0.4, 0.5) is 5.69 Å². The molecule has 0 fully saturated rings. The van der Waals surface area contributed by atoms with E-state index < -0.39 is 30.1 Å². The van der Waals surface area contributed by atoms with Gasteiger partial charge in [-0.25, -0.2) is 29.6 Å². The second-order valence-corrected chi connectivity index (χ2v) is 12.3. The van der Waals surface area contributed by atoms with Gasteiger partial charge in [0.2, 0.25) is 20.0 Å². The highest BCUT2D eigenvalue weighted by Crippen LogP contribution is 2.23. The fourth-order valence-corrected chi connectivity index (χ4v) is 6.10. The monoisotopic (exact) mass is 475 g/mol. The molecule has 0 aliphatic carbocycles. The fraction of sp³-hybridized carbons (Fsp3) is 0.333.